The van der Waals surface area contributed by atoms with E-state index in [-0.39, 0.29) is 17.4 Å². The van der Waals surface area contributed by atoms with Crippen LogP contribution in [-0.4, -0.2) is 40.1 Å². The van der Waals surface area contributed by atoms with Crippen LogP contribution in [0.1, 0.15) is 30.9 Å². The van der Waals surface area contributed by atoms with Gasteiger partial charge in [-0.15, -0.1) is 0 Å². The summed E-state index contributed by atoms with van der Waals surface area (Å²) in [6.45, 7) is 5.27. The van der Waals surface area contributed by atoms with Gasteiger partial charge in [0.25, 0.3) is 0 Å². The van der Waals surface area contributed by atoms with Gasteiger partial charge in [0.1, 0.15) is 19.0 Å². The fourth-order valence-corrected chi connectivity index (χ4v) is 4.23. The van der Waals surface area contributed by atoms with Crippen LogP contribution in [0.5, 0.6) is 17.2 Å². The van der Waals surface area contributed by atoms with Gasteiger partial charge in [0.05, 0.1) is 12.0 Å². The fourth-order valence-electron chi connectivity index (χ4n) is 3.03. The second-order valence-electron chi connectivity index (χ2n) is 6.80. The van der Waals surface area contributed by atoms with Gasteiger partial charge in [-0.05, 0) is 47.4 Å². The minimum Gasteiger partial charge on any atom is -0.496 e. The van der Waals surface area contributed by atoms with Crippen LogP contribution in [0, 0.1) is 0 Å². The van der Waals surface area contributed by atoms with Gasteiger partial charge in [0.15, 0.2) is 11.5 Å². The molecule has 2 aromatic rings. The highest BCUT2D eigenvalue weighted by Gasteiger charge is 2.23. The molecular formula is C20H25NO5S. The van der Waals surface area contributed by atoms with E-state index in [4.69, 9.17) is 14.2 Å². The summed E-state index contributed by atoms with van der Waals surface area (Å²) in [7, 11) is -0.472. The molecule has 1 heterocycles. The summed E-state index contributed by atoms with van der Waals surface area (Å²) < 4.78 is 43.8. The third-order valence-electron chi connectivity index (χ3n) is 4.54. The Labute approximate surface area is 160 Å². The van der Waals surface area contributed by atoms with E-state index >= 15 is 0 Å². The molecule has 0 aromatic heterocycles. The number of nitrogens with zero attached hydrogens (tertiary/aromatic N) is 1. The standard InChI is InChI=1S/C20H25NO5S/c1-14(2)17-12-16(6-8-18(17)24-4)27(22,23)21(3)13-15-5-7-19-20(11-15)26-10-9-25-19/h5-8,11-12,14H,9-10,13H2,1-4H3. The highest BCUT2D eigenvalue weighted by atomic mass is 32.2. The van der Waals surface area contributed by atoms with E-state index in [1.165, 1.54) is 4.31 Å². The molecule has 0 amide bonds. The maximum absolute atomic E-state index is 13.0. The molecule has 0 spiro atoms. The Bertz CT molecular complexity index is 924. The quantitative estimate of drug-likeness (QED) is 0.755. The maximum Gasteiger partial charge on any atom is 0.243 e. The lowest BCUT2D eigenvalue weighted by molar-refractivity contribution is 0.171. The molecule has 7 heteroatoms. The Kier molecular flexibility index (Phi) is 5.62. The van der Waals surface area contributed by atoms with Crippen molar-refractivity contribution in [1.82, 2.24) is 4.31 Å². The van der Waals surface area contributed by atoms with Gasteiger partial charge in [-0.25, -0.2) is 8.42 Å². The molecule has 27 heavy (non-hydrogen) atoms. The summed E-state index contributed by atoms with van der Waals surface area (Å²) in [5.41, 5.74) is 1.70. The molecule has 3 rings (SSSR count). The Morgan fingerprint density at radius 1 is 1.07 bits per heavy atom. The largest absolute Gasteiger partial charge is 0.496 e. The molecule has 6 nitrogen and oxygen atoms in total. The average molecular weight is 391 g/mol. The van der Waals surface area contributed by atoms with E-state index in [0.717, 1.165) is 11.1 Å². The third kappa shape index (κ3) is 4.04. The zero-order valence-electron chi connectivity index (χ0n) is 16.1. The smallest absolute Gasteiger partial charge is 0.243 e. The number of sulfonamides is 1. The van der Waals surface area contributed by atoms with Crippen molar-refractivity contribution >= 4 is 10.0 Å². The zero-order chi connectivity index (χ0) is 19.6. The molecule has 0 saturated heterocycles. The van der Waals surface area contributed by atoms with Crippen molar-refractivity contribution in [3.8, 4) is 17.2 Å². The number of hydrogen-bond donors (Lipinski definition) is 0. The first kappa shape index (κ1) is 19.5. The monoisotopic (exact) mass is 391 g/mol. The van der Waals surface area contributed by atoms with Gasteiger partial charge in [-0.2, -0.15) is 4.31 Å². The number of benzene rings is 2. The predicted molar refractivity (Wildman–Crippen MR) is 103 cm³/mol. The van der Waals surface area contributed by atoms with Gasteiger partial charge in [-0.3, -0.25) is 0 Å². The van der Waals surface area contributed by atoms with Crippen molar-refractivity contribution in [2.24, 2.45) is 0 Å². The first-order chi connectivity index (χ1) is 12.8. The second-order valence-corrected chi connectivity index (χ2v) is 8.84. The molecule has 0 unspecified atom stereocenters. The molecule has 0 fully saturated rings. The molecule has 1 aliphatic heterocycles. The van der Waals surface area contributed by atoms with Gasteiger partial charge in [0, 0.05) is 13.6 Å². The van der Waals surface area contributed by atoms with Crippen LogP contribution in [0.25, 0.3) is 0 Å². The van der Waals surface area contributed by atoms with Crippen LogP contribution in [0.15, 0.2) is 41.3 Å². The summed E-state index contributed by atoms with van der Waals surface area (Å²) in [5.74, 6) is 2.18. The average Bonchev–Trinajstić information content (AvgIpc) is 2.67. The summed E-state index contributed by atoms with van der Waals surface area (Å²) in [6, 6.07) is 10.5. The topological polar surface area (TPSA) is 65.1 Å². The lowest BCUT2D eigenvalue weighted by atomic mass is 10.0. The van der Waals surface area contributed by atoms with E-state index in [9.17, 15) is 8.42 Å². The summed E-state index contributed by atoms with van der Waals surface area (Å²) in [6.07, 6.45) is 0. The molecule has 1 aliphatic rings. The molecular weight excluding hydrogens is 366 g/mol. The molecule has 0 N–H and O–H groups in total. The first-order valence-corrected chi connectivity index (χ1v) is 10.3. The molecule has 0 saturated carbocycles. The molecule has 0 atom stereocenters. The lowest BCUT2D eigenvalue weighted by Gasteiger charge is -2.21. The van der Waals surface area contributed by atoms with E-state index in [1.807, 2.05) is 32.0 Å². The molecule has 0 radical (unpaired) electrons. The number of hydrogen-bond acceptors (Lipinski definition) is 5. The van der Waals surface area contributed by atoms with Crippen LogP contribution in [0.2, 0.25) is 0 Å². The predicted octanol–water partition coefficient (Wildman–Crippen LogP) is 3.41. The molecule has 146 valence electrons. The summed E-state index contributed by atoms with van der Waals surface area (Å²) >= 11 is 0. The normalized spacial score (nSPS) is 13.9. The molecule has 2 aromatic carbocycles. The second kappa shape index (κ2) is 7.78. The van der Waals surface area contributed by atoms with Crippen LogP contribution in [0.3, 0.4) is 0 Å². The van der Waals surface area contributed by atoms with Crippen molar-refractivity contribution in [2.75, 3.05) is 27.4 Å². The minimum atomic E-state index is -3.63. The highest BCUT2D eigenvalue weighted by Crippen LogP contribution is 2.32. The van der Waals surface area contributed by atoms with Gasteiger partial charge >= 0.3 is 0 Å². The van der Waals surface area contributed by atoms with Gasteiger partial charge in [-0.1, -0.05) is 19.9 Å². The Hall–Kier alpha value is -2.25. The third-order valence-corrected chi connectivity index (χ3v) is 6.34. The lowest BCUT2D eigenvalue weighted by Crippen LogP contribution is -2.26. The van der Waals surface area contributed by atoms with Crippen LogP contribution in [-0.2, 0) is 16.6 Å². The van der Waals surface area contributed by atoms with E-state index in [2.05, 4.69) is 0 Å². The molecule has 0 bridgehead atoms. The Morgan fingerprint density at radius 2 is 1.78 bits per heavy atom. The zero-order valence-corrected chi connectivity index (χ0v) is 16.9. The van der Waals surface area contributed by atoms with E-state index < -0.39 is 10.0 Å². The number of rotatable bonds is 6. The Morgan fingerprint density at radius 3 is 2.44 bits per heavy atom. The minimum absolute atomic E-state index is 0.151. The SMILES string of the molecule is COc1ccc(S(=O)(=O)N(C)Cc2ccc3c(c2)OCCO3)cc1C(C)C. The summed E-state index contributed by atoms with van der Waals surface area (Å²) in [5, 5.41) is 0. The van der Waals surface area contributed by atoms with Crippen LogP contribution < -0.4 is 14.2 Å². The van der Waals surface area contributed by atoms with Crippen molar-refractivity contribution in [3.05, 3.63) is 47.5 Å². The fraction of sp³-hybridized carbons (Fsp3) is 0.400. The van der Waals surface area contributed by atoms with Gasteiger partial charge in [0.2, 0.25) is 10.0 Å². The number of ether oxygens (including phenoxy) is 3. The number of fused-ring (bicyclic) bond motifs is 1. The van der Waals surface area contributed by atoms with E-state index in [0.29, 0.717) is 30.5 Å². The first-order valence-electron chi connectivity index (χ1n) is 8.85. The van der Waals surface area contributed by atoms with Crippen molar-refractivity contribution in [2.45, 2.75) is 31.2 Å². The van der Waals surface area contributed by atoms with Crippen molar-refractivity contribution < 1.29 is 22.6 Å². The summed E-state index contributed by atoms with van der Waals surface area (Å²) in [4.78, 5) is 0.257. The number of methoxy groups -OCH3 is 1. The van der Waals surface area contributed by atoms with Crippen molar-refractivity contribution in [3.63, 3.8) is 0 Å². The highest BCUT2D eigenvalue weighted by molar-refractivity contribution is 7.89. The van der Waals surface area contributed by atoms with Crippen LogP contribution >= 0.6 is 0 Å². The van der Waals surface area contributed by atoms with E-state index in [1.54, 1.807) is 32.4 Å². The molecule has 0 aliphatic carbocycles. The van der Waals surface area contributed by atoms with Crippen LogP contribution in [0.4, 0.5) is 0 Å². The van der Waals surface area contributed by atoms with Crippen molar-refractivity contribution in [1.29, 1.82) is 0 Å². The maximum atomic E-state index is 13.0. The van der Waals surface area contributed by atoms with Gasteiger partial charge < -0.3 is 14.2 Å². The Balaban J connectivity index is 1.85.